The summed E-state index contributed by atoms with van der Waals surface area (Å²) in [5.74, 6) is 2.10. The molecule has 0 heterocycles. The van der Waals surface area contributed by atoms with E-state index < -0.39 is 0 Å². The van der Waals surface area contributed by atoms with E-state index in [1.165, 1.54) is 16.7 Å². The predicted molar refractivity (Wildman–Crippen MR) is 77.0 cm³/mol. The van der Waals surface area contributed by atoms with Gasteiger partial charge in [0.2, 0.25) is 0 Å². The van der Waals surface area contributed by atoms with E-state index in [-0.39, 0.29) is 0 Å². The van der Waals surface area contributed by atoms with Crippen molar-refractivity contribution in [2.45, 2.75) is 18.4 Å². The molecule has 2 heteroatoms. The number of rotatable bonds is 4. The smallest absolute Gasteiger partial charge is 0.0314 e. The van der Waals surface area contributed by atoms with E-state index in [0.29, 0.717) is 0 Å². The summed E-state index contributed by atoms with van der Waals surface area (Å²) >= 11 is 1.93. The lowest BCUT2D eigenvalue weighted by Crippen LogP contribution is -1.86. The van der Waals surface area contributed by atoms with Crippen LogP contribution in [-0.2, 0) is 11.5 Å². The fourth-order valence-corrected chi connectivity index (χ4v) is 2.54. The molecule has 0 saturated heterocycles. The SMILES string of the molecule is Cc1ccc(CSCc2ccc(N)cc2)cc1. The number of nitrogens with two attached hydrogens (primary N) is 1. The van der Waals surface area contributed by atoms with Crippen molar-refractivity contribution >= 4 is 17.4 Å². The maximum atomic E-state index is 5.65. The summed E-state index contributed by atoms with van der Waals surface area (Å²) in [6.45, 7) is 2.12. The number of aryl methyl sites for hydroxylation is 1. The van der Waals surface area contributed by atoms with Gasteiger partial charge in [-0.05, 0) is 30.2 Å². The number of hydrogen-bond acceptors (Lipinski definition) is 2. The minimum absolute atomic E-state index is 0.831. The molecule has 0 amide bonds. The van der Waals surface area contributed by atoms with Gasteiger partial charge in [-0.1, -0.05) is 42.0 Å². The summed E-state index contributed by atoms with van der Waals surface area (Å²) in [4.78, 5) is 0. The Labute approximate surface area is 107 Å². The van der Waals surface area contributed by atoms with E-state index in [0.717, 1.165) is 17.2 Å². The van der Waals surface area contributed by atoms with E-state index in [9.17, 15) is 0 Å². The van der Waals surface area contributed by atoms with E-state index in [1.807, 2.05) is 23.9 Å². The lowest BCUT2D eigenvalue weighted by atomic mass is 10.2. The molecule has 0 radical (unpaired) electrons. The highest BCUT2D eigenvalue weighted by Crippen LogP contribution is 2.18. The van der Waals surface area contributed by atoms with Crippen molar-refractivity contribution in [1.29, 1.82) is 0 Å². The third-order valence-corrected chi connectivity index (χ3v) is 3.71. The summed E-state index contributed by atoms with van der Waals surface area (Å²) in [5, 5.41) is 0. The Morgan fingerprint density at radius 3 is 1.82 bits per heavy atom. The first kappa shape index (κ1) is 12.1. The Morgan fingerprint density at radius 2 is 1.29 bits per heavy atom. The molecular formula is C15H17NS. The van der Waals surface area contributed by atoms with Gasteiger partial charge in [0.15, 0.2) is 0 Å². The molecule has 2 rings (SSSR count). The zero-order chi connectivity index (χ0) is 12.1. The zero-order valence-electron chi connectivity index (χ0n) is 10.0. The molecule has 0 aliphatic carbocycles. The Kier molecular flexibility index (Phi) is 4.10. The van der Waals surface area contributed by atoms with Crippen LogP contribution in [0, 0.1) is 6.92 Å². The summed E-state index contributed by atoms with van der Waals surface area (Å²) < 4.78 is 0. The van der Waals surface area contributed by atoms with Crippen LogP contribution < -0.4 is 5.73 Å². The van der Waals surface area contributed by atoms with Crippen molar-refractivity contribution in [1.82, 2.24) is 0 Å². The summed E-state index contributed by atoms with van der Waals surface area (Å²) in [6.07, 6.45) is 0. The van der Waals surface area contributed by atoms with Crippen molar-refractivity contribution in [3.8, 4) is 0 Å². The Balaban J connectivity index is 1.83. The Hall–Kier alpha value is -1.41. The highest BCUT2D eigenvalue weighted by atomic mass is 32.2. The van der Waals surface area contributed by atoms with Crippen LogP contribution in [0.5, 0.6) is 0 Å². The molecule has 0 atom stereocenters. The van der Waals surface area contributed by atoms with E-state index >= 15 is 0 Å². The van der Waals surface area contributed by atoms with E-state index in [1.54, 1.807) is 0 Å². The Bertz CT molecular complexity index is 414. The van der Waals surface area contributed by atoms with Crippen LogP contribution in [0.3, 0.4) is 0 Å². The maximum Gasteiger partial charge on any atom is 0.0314 e. The summed E-state index contributed by atoms with van der Waals surface area (Å²) in [5.41, 5.74) is 10.5. The fraction of sp³-hybridized carbons (Fsp3) is 0.200. The number of nitrogen functional groups attached to an aromatic ring is 1. The van der Waals surface area contributed by atoms with Crippen LogP contribution in [0.15, 0.2) is 48.5 Å². The molecule has 2 aromatic rings. The molecule has 0 bridgehead atoms. The molecule has 0 fully saturated rings. The molecule has 0 spiro atoms. The zero-order valence-corrected chi connectivity index (χ0v) is 10.8. The van der Waals surface area contributed by atoms with Crippen LogP contribution in [0.1, 0.15) is 16.7 Å². The first-order valence-electron chi connectivity index (χ1n) is 5.72. The van der Waals surface area contributed by atoms with Crippen LogP contribution in [0.4, 0.5) is 5.69 Å². The Morgan fingerprint density at radius 1 is 0.824 bits per heavy atom. The second-order valence-electron chi connectivity index (χ2n) is 4.22. The molecule has 0 aliphatic heterocycles. The molecule has 0 unspecified atom stereocenters. The number of benzene rings is 2. The fourth-order valence-electron chi connectivity index (χ4n) is 1.58. The highest BCUT2D eigenvalue weighted by molar-refractivity contribution is 7.97. The van der Waals surface area contributed by atoms with Gasteiger partial charge in [0.1, 0.15) is 0 Å². The number of thioether (sulfide) groups is 1. The van der Waals surface area contributed by atoms with Crippen LogP contribution in [0.2, 0.25) is 0 Å². The van der Waals surface area contributed by atoms with Crippen molar-refractivity contribution in [2.24, 2.45) is 0 Å². The standard InChI is InChI=1S/C15H17NS/c1-12-2-4-13(5-3-12)10-17-11-14-6-8-15(16)9-7-14/h2-9H,10-11,16H2,1H3. The van der Waals surface area contributed by atoms with Gasteiger partial charge in [0, 0.05) is 17.2 Å². The second kappa shape index (κ2) is 5.78. The van der Waals surface area contributed by atoms with Crippen molar-refractivity contribution < 1.29 is 0 Å². The minimum atomic E-state index is 0.831. The molecular weight excluding hydrogens is 226 g/mol. The van der Waals surface area contributed by atoms with Gasteiger partial charge in [-0.15, -0.1) is 0 Å². The topological polar surface area (TPSA) is 26.0 Å². The summed E-state index contributed by atoms with van der Waals surface area (Å²) in [6, 6.07) is 16.8. The average Bonchev–Trinajstić information content (AvgIpc) is 2.34. The molecule has 2 aromatic carbocycles. The lowest BCUT2D eigenvalue weighted by Gasteiger charge is -2.03. The van der Waals surface area contributed by atoms with Crippen molar-refractivity contribution in [3.05, 3.63) is 65.2 Å². The number of hydrogen-bond donors (Lipinski definition) is 1. The van der Waals surface area contributed by atoms with Gasteiger partial charge >= 0.3 is 0 Å². The molecule has 88 valence electrons. The van der Waals surface area contributed by atoms with Gasteiger partial charge in [0.05, 0.1) is 0 Å². The van der Waals surface area contributed by atoms with Gasteiger partial charge in [-0.25, -0.2) is 0 Å². The highest BCUT2D eigenvalue weighted by Gasteiger charge is 1.96. The first-order valence-corrected chi connectivity index (χ1v) is 6.87. The van der Waals surface area contributed by atoms with Crippen LogP contribution >= 0.6 is 11.8 Å². The van der Waals surface area contributed by atoms with Gasteiger partial charge < -0.3 is 5.73 Å². The van der Waals surface area contributed by atoms with Gasteiger partial charge in [-0.3, -0.25) is 0 Å². The summed E-state index contributed by atoms with van der Waals surface area (Å²) in [7, 11) is 0. The van der Waals surface area contributed by atoms with Gasteiger partial charge in [0.25, 0.3) is 0 Å². The molecule has 1 nitrogen and oxygen atoms in total. The first-order chi connectivity index (χ1) is 8.24. The molecule has 17 heavy (non-hydrogen) atoms. The number of anilines is 1. The molecule has 0 aromatic heterocycles. The van der Waals surface area contributed by atoms with E-state index in [4.69, 9.17) is 5.73 Å². The monoisotopic (exact) mass is 243 g/mol. The van der Waals surface area contributed by atoms with Crippen LogP contribution in [-0.4, -0.2) is 0 Å². The molecule has 2 N–H and O–H groups in total. The van der Waals surface area contributed by atoms with Crippen LogP contribution in [0.25, 0.3) is 0 Å². The third-order valence-electron chi connectivity index (χ3n) is 2.64. The lowest BCUT2D eigenvalue weighted by molar-refractivity contribution is 1.34. The largest absolute Gasteiger partial charge is 0.399 e. The average molecular weight is 243 g/mol. The molecule has 0 saturated carbocycles. The predicted octanol–water partition coefficient (Wildman–Crippen LogP) is 4.01. The quantitative estimate of drug-likeness (QED) is 0.821. The van der Waals surface area contributed by atoms with Gasteiger partial charge in [-0.2, -0.15) is 11.8 Å². The molecule has 0 aliphatic rings. The van der Waals surface area contributed by atoms with E-state index in [2.05, 4.69) is 43.3 Å². The normalized spacial score (nSPS) is 10.4. The maximum absolute atomic E-state index is 5.65. The third kappa shape index (κ3) is 3.82. The van der Waals surface area contributed by atoms with Crippen molar-refractivity contribution in [2.75, 3.05) is 5.73 Å². The minimum Gasteiger partial charge on any atom is -0.399 e. The second-order valence-corrected chi connectivity index (χ2v) is 5.21. The van der Waals surface area contributed by atoms with Crippen molar-refractivity contribution in [3.63, 3.8) is 0 Å².